The maximum atomic E-state index is 11.6. The lowest BCUT2D eigenvalue weighted by molar-refractivity contribution is -0.137. The van der Waals surface area contributed by atoms with Gasteiger partial charge in [-0.1, -0.05) is 25.1 Å². The summed E-state index contributed by atoms with van der Waals surface area (Å²) in [7, 11) is 0. The number of carbonyl (C=O) groups is 2. The molecule has 4 heteroatoms. The van der Waals surface area contributed by atoms with Gasteiger partial charge in [0.2, 0.25) is 5.91 Å². The van der Waals surface area contributed by atoms with Gasteiger partial charge in [-0.25, -0.2) is 0 Å². The van der Waals surface area contributed by atoms with Crippen LogP contribution < -0.4 is 5.32 Å². The van der Waals surface area contributed by atoms with Crippen LogP contribution in [0.5, 0.6) is 0 Å². The molecule has 4 nitrogen and oxygen atoms in total. The summed E-state index contributed by atoms with van der Waals surface area (Å²) in [4.78, 5) is 22.0. The van der Waals surface area contributed by atoms with E-state index in [1.807, 2.05) is 18.2 Å². The summed E-state index contributed by atoms with van der Waals surface area (Å²) in [5.41, 5.74) is 0.731. The number of benzene rings is 1. The predicted molar refractivity (Wildman–Crippen MR) is 61.1 cm³/mol. The van der Waals surface area contributed by atoms with Crippen molar-refractivity contribution in [1.82, 2.24) is 0 Å². The van der Waals surface area contributed by atoms with Gasteiger partial charge < -0.3 is 10.4 Å². The van der Waals surface area contributed by atoms with Gasteiger partial charge in [0.1, 0.15) is 0 Å². The van der Waals surface area contributed by atoms with E-state index in [0.717, 1.165) is 5.69 Å². The number of amides is 1. The molecule has 0 aliphatic carbocycles. The number of aliphatic carboxylic acids is 1. The topological polar surface area (TPSA) is 66.4 Å². The number of para-hydroxylation sites is 1. The highest BCUT2D eigenvalue weighted by molar-refractivity contribution is 5.92. The number of carboxylic acid groups (broad SMARTS) is 1. The average molecular weight is 221 g/mol. The van der Waals surface area contributed by atoms with Crippen molar-refractivity contribution in [2.45, 2.75) is 19.8 Å². The first kappa shape index (κ1) is 12.2. The summed E-state index contributed by atoms with van der Waals surface area (Å²) in [5.74, 6) is -1.32. The highest BCUT2D eigenvalue weighted by Crippen LogP contribution is 2.11. The van der Waals surface area contributed by atoms with Crippen molar-refractivity contribution in [1.29, 1.82) is 0 Å². The minimum absolute atomic E-state index is 0.0172. The third-order valence-electron chi connectivity index (χ3n) is 2.28. The lowest BCUT2D eigenvalue weighted by Crippen LogP contribution is -2.21. The van der Waals surface area contributed by atoms with Crippen LogP contribution in [0.15, 0.2) is 30.3 Å². The first-order valence-corrected chi connectivity index (χ1v) is 5.17. The van der Waals surface area contributed by atoms with Crippen LogP contribution >= 0.6 is 0 Å². The largest absolute Gasteiger partial charge is 0.481 e. The Labute approximate surface area is 94.3 Å². The molecule has 1 amide bonds. The summed E-state index contributed by atoms with van der Waals surface area (Å²) in [6.07, 6.45) is 0.372. The Morgan fingerprint density at radius 2 is 1.94 bits per heavy atom. The molecule has 0 aliphatic heterocycles. The van der Waals surface area contributed by atoms with Crippen molar-refractivity contribution in [2.24, 2.45) is 5.92 Å². The van der Waals surface area contributed by atoms with Crippen molar-refractivity contribution in [2.75, 3.05) is 5.32 Å². The molecular weight excluding hydrogens is 206 g/mol. The average Bonchev–Trinajstić information content (AvgIpc) is 2.27. The van der Waals surface area contributed by atoms with Gasteiger partial charge in [0.05, 0.1) is 0 Å². The van der Waals surface area contributed by atoms with Gasteiger partial charge in [-0.3, -0.25) is 9.59 Å². The monoisotopic (exact) mass is 221 g/mol. The zero-order chi connectivity index (χ0) is 12.0. The zero-order valence-electron chi connectivity index (χ0n) is 9.14. The Hall–Kier alpha value is -1.84. The van der Waals surface area contributed by atoms with Gasteiger partial charge in [0.15, 0.2) is 0 Å². The molecule has 0 bridgehead atoms. The lowest BCUT2D eigenvalue weighted by atomic mass is 10.0. The normalized spacial score (nSPS) is 11.8. The molecule has 1 atom stereocenters. The van der Waals surface area contributed by atoms with E-state index >= 15 is 0 Å². The van der Waals surface area contributed by atoms with Crippen LogP contribution in [-0.4, -0.2) is 17.0 Å². The molecule has 86 valence electrons. The molecule has 16 heavy (non-hydrogen) atoms. The van der Waals surface area contributed by atoms with Crippen molar-refractivity contribution >= 4 is 17.6 Å². The van der Waals surface area contributed by atoms with Gasteiger partial charge in [-0.15, -0.1) is 0 Å². The van der Waals surface area contributed by atoms with Gasteiger partial charge >= 0.3 is 5.97 Å². The number of hydrogen-bond acceptors (Lipinski definition) is 2. The standard InChI is InChI=1S/C12H15NO3/c1-9(7-8-11(14)15)12(16)13-10-5-3-2-4-6-10/h2-6,9H,7-8H2,1H3,(H,13,16)(H,14,15). The smallest absolute Gasteiger partial charge is 0.303 e. The number of anilines is 1. The first-order valence-electron chi connectivity index (χ1n) is 5.17. The van der Waals surface area contributed by atoms with Crippen molar-refractivity contribution < 1.29 is 14.7 Å². The molecule has 0 saturated carbocycles. The van der Waals surface area contributed by atoms with E-state index in [9.17, 15) is 9.59 Å². The molecule has 1 rings (SSSR count). The van der Waals surface area contributed by atoms with Crippen LogP contribution in [0.4, 0.5) is 5.69 Å². The zero-order valence-corrected chi connectivity index (χ0v) is 9.14. The summed E-state index contributed by atoms with van der Waals surface area (Å²) in [5, 5.41) is 11.2. The Morgan fingerprint density at radius 3 is 2.50 bits per heavy atom. The molecule has 1 unspecified atom stereocenters. The van der Waals surface area contributed by atoms with Crippen LogP contribution in [0.1, 0.15) is 19.8 Å². The molecule has 0 aliphatic rings. The van der Waals surface area contributed by atoms with Gasteiger partial charge in [0.25, 0.3) is 0 Å². The van der Waals surface area contributed by atoms with Gasteiger partial charge in [-0.2, -0.15) is 0 Å². The van der Waals surface area contributed by atoms with Crippen molar-refractivity contribution in [3.05, 3.63) is 30.3 Å². The van der Waals surface area contributed by atoms with Crippen LogP contribution in [0.3, 0.4) is 0 Å². The number of carboxylic acids is 1. The molecule has 1 aromatic rings. The second-order valence-corrected chi connectivity index (χ2v) is 3.69. The second-order valence-electron chi connectivity index (χ2n) is 3.69. The number of carbonyl (C=O) groups excluding carboxylic acids is 1. The highest BCUT2D eigenvalue weighted by Gasteiger charge is 2.14. The van der Waals surface area contributed by atoms with E-state index < -0.39 is 5.97 Å². The summed E-state index contributed by atoms with van der Waals surface area (Å²) >= 11 is 0. The summed E-state index contributed by atoms with van der Waals surface area (Å²) < 4.78 is 0. The number of hydrogen-bond donors (Lipinski definition) is 2. The van der Waals surface area contributed by atoms with Crippen molar-refractivity contribution in [3.8, 4) is 0 Å². The minimum Gasteiger partial charge on any atom is -0.481 e. The van der Waals surface area contributed by atoms with Gasteiger partial charge in [-0.05, 0) is 18.6 Å². The fourth-order valence-corrected chi connectivity index (χ4v) is 1.26. The SMILES string of the molecule is CC(CCC(=O)O)C(=O)Nc1ccccc1. The predicted octanol–water partition coefficient (Wildman–Crippen LogP) is 2.13. The number of nitrogens with one attached hydrogen (secondary N) is 1. The maximum absolute atomic E-state index is 11.6. The highest BCUT2D eigenvalue weighted by atomic mass is 16.4. The third kappa shape index (κ3) is 4.13. The van der Waals surface area contributed by atoms with E-state index in [4.69, 9.17) is 5.11 Å². The van der Waals surface area contributed by atoms with Crippen LogP contribution in [-0.2, 0) is 9.59 Å². The minimum atomic E-state index is -0.876. The maximum Gasteiger partial charge on any atom is 0.303 e. The van der Waals surface area contributed by atoms with Gasteiger partial charge in [0, 0.05) is 18.0 Å². The Bertz CT molecular complexity index is 362. The molecule has 0 fully saturated rings. The molecule has 0 heterocycles. The summed E-state index contributed by atoms with van der Waals surface area (Å²) in [6, 6.07) is 9.11. The third-order valence-corrected chi connectivity index (χ3v) is 2.28. The number of rotatable bonds is 5. The van der Waals surface area contributed by atoms with E-state index in [-0.39, 0.29) is 18.2 Å². The molecule has 1 aromatic carbocycles. The molecular formula is C12H15NO3. The van der Waals surface area contributed by atoms with E-state index in [1.165, 1.54) is 0 Å². The molecule has 0 saturated heterocycles. The van der Waals surface area contributed by atoms with E-state index in [0.29, 0.717) is 6.42 Å². The molecule has 0 aromatic heterocycles. The second kappa shape index (κ2) is 5.90. The van der Waals surface area contributed by atoms with Crippen LogP contribution in [0.2, 0.25) is 0 Å². The lowest BCUT2D eigenvalue weighted by Gasteiger charge is -2.10. The molecule has 0 radical (unpaired) electrons. The molecule has 2 N–H and O–H groups in total. The van der Waals surface area contributed by atoms with Crippen LogP contribution in [0, 0.1) is 5.92 Å². The first-order chi connectivity index (χ1) is 7.59. The fraction of sp³-hybridized carbons (Fsp3) is 0.333. The Kier molecular flexibility index (Phi) is 4.51. The van der Waals surface area contributed by atoms with Crippen molar-refractivity contribution in [3.63, 3.8) is 0 Å². The van der Waals surface area contributed by atoms with E-state index in [2.05, 4.69) is 5.32 Å². The Balaban J connectivity index is 2.43. The van der Waals surface area contributed by atoms with Crippen LogP contribution in [0.25, 0.3) is 0 Å². The fourth-order valence-electron chi connectivity index (χ4n) is 1.26. The Morgan fingerprint density at radius 1 is 1.31 bits per heavy atom. The summed E-state index contributed by atoms with van der Waals surface area (Å²) in [6.45, 7) is 1.72. The quantitative estimate of drug-likeness (QED) is 0.800. The van der Waals surface area contributed by atoms with E-state index in [1.54, 1.807) is 19.1 Å². The molecule has 0 spiro atoms.